The molecule has 25 heavy (non-hydrogen) atoms. The molecule has 0 unspecified atom stereocenters. The number of aromatic nitrogens is 2. The van der Waals surface area contributed by atoms with Gasteiger partial charge in [0, 0.05) is 18.4 Å². The van der Waals surface area contributed by atoms with Crippen LogP contribution in [0.3, 0.4) is 0 Å². The maximum absolute atomic E-state index is 12.6. The van der Waals surface area contributed by atoms with E-state index in [9.17, 15) is 18.0 Å². The van der Waals surface area contributed by atoms with Crippen molar-refractivity contribution in [3.63, 3.8) is 0 Å². The Morgan fingerprint density at radius 3 is 2.44 bits per heavy atom. The molecule has 1 saturated carbocycles. The van der Waals surface area contributed by atoms with Crippen LogP contribution in [0.25, 0.3) is 0 Å². The summed E-state index contributed by atoms with van der Waals surface area (Å²) in [6, 6.07) is 6.41. The zero-order chi connectivity index (χ0) is 18.0. The number of carbonyl (C=O) groups is 1. The van der Waals surface area contributed by atoms with Crippen LogP contribution in [-0.4, -0.2) is 28.9 Å². The second-order valence-electron chi connectivity index (χ2n) is 6.37. The van der Waals surface area contributed by atoms with E-state index in [1.807, 2.05) is 6.92 Å². The topological polar surface area (TPSA) is 90.2 Å². The van der Waals surface area contributed by atoms with Crippen molar-refractivity contribution in [1.82, 2.24) is 13.9 Å². The fourth-order valence-electron chi connectivity index (χ4n) is 3.02. The zero-order valence-corrected chi connectivity index (χ0v) is 14.8. The summed E-state index contributed by atoms with van der Waals surface area (Å²) in [6.45, 7) is 1.66. The van der Waals surface area contributed by atoms with Gasteiger partial charge in [-0.1, -0.05) is 30.5 Å². The summed E-state index contributed by atoms with van der Waals surface area (Å²) < 4.78 is 27.0. The Labute approximate surface area is 146 Å². The van der Waals surface area contributed by atoms with E-state index in [4.69, 9.17) is 0 Å². The number of hydrogen-bond acceptors (Lipinski definition) is 4. The predicted molar refractivity (Wildman–Crippen MR) is 92.9 cm³/mol. The molecule has 0 saturated heterocycles. The third kappa shape index (κ3) is 3.68. The van der Waals surface area contributed by atoms with Gasteiger partial charge < -0.3 is 5.32 Å². The van der Waals surface area contributed by atoms with Gasteiger partial charge in [-0.3, -0.25) is 9.36 Å². The van der Waals surface area contributed by atoms with Crippen LogP contribution in [0.2, 0.25) is 0 Å². The highest BCUT2D eigenvalue weighted by Gasteiger charge is 2.22. The zero-order valence-electron chi connectivity index (χ0n) is 14.0. The Kier molecular flexibility index (Phi) is 4.80. The highest BCUT2D eigenvalue weighted by atomic mass is 32.2. The van der Waals surface area contributed by atoms with E-state index >= 15 is 0 Å². The number of imidazole rings is 1. The lowest BCUT2D eigenvalue weighted by molar-refractivity contribution is -0.122. The standard InChI is InChI=1S/C17H21N3O4S/c1-13-6-8-15(9-7-13)25(23,24)20-11-10-19(17(20)22)12-16(21)18-14-4-2-3-5-14/h6-11,14H,2-5,12H2,1H3,(H,18,21). The van der Waals surface area contributed by atoms with Gasteiger partial charge in [0.1, 0.15) is 6.54 Å². The molecule has 0 aliphatic heterocycles. The molecule has 1 aromatic heterocycles. The van der Waals surface area contributed by atoms with Crippen molar-refractivity contribution in [3.05, 3.63) is 52.7 Å². The van der Waals surface area contributed by atoms with E-state index in [1.54, 1.807) is 12.1 Å². The Balaban J connectivity index is 1.79. The summed E-state index contributed by atoms with van der Waals surface area (Å²) in [5, 5.41) is 2.88. The lowest BCUT2D eigenvalue weighted by Crippen LogP contribution is -2.38. The normalized spacial score (nSPS) is 15.4. The minimum Gasteiger partial charge on any atom is -0.352 e. The van der Waals surface area contributed by atoms with Crippen molar-refractivity contribution in [2.24, 2.45) is 0 Å². The molecular weight excluding hydrogens is 342 g/mol. The molecule has 1 fully saturated rings. The molecule has 1 amide bonds. The average Bonchev–Trinajstić information content (AvgIpc) is 3.19. The maximum Gasteiger partial charge on any atom is 0.342 e. The third-order valence-corrected chi connectivity index (χ3v) is 6.09. The number of carbonyl (C=O) groups excluding carboxylic acids is 1. The van der Waals surface area contributed by atoms with Gasteiger partial charge in [-0.2, -0.15) is 3.97 Å². The summed E-state index contributed by atoms with van der Waals surface area (Å²) in [4.78, 5) is 24.5. The molecule has 3 rings (SSSR count). The van der Waals surface area contributed by atoms with Crippen LogP contribution in [0.1, 0.15) is 31.2 Å². The summed E-state index contributed by atoms with van der Waals surface area (Å²) in [5.74, 6) is -0.278. The summed E-state index contributed by atoms with van der Waals surface area (Å²) >= 11 is 0. The third-order valence-electron chi connectivity index (χ3n) is 4.43. The number of benzene rings is 1. The highest BCUT2D eigenvalue weighted by Crippen LogP contribution is 2.17. The minimum absolute atomic E-state index is 0.0355. The van der Waals surface area contributed by atoms with E-state index in [2.05, 4.69) is 5.32 Å². The smallest absolute Gasteiger partial charge is 0.342 e. The monoisotopic (exact) mass is 363 g/mol. The van der Waals surface area contributed by atoms with E-state index in [1.165, 1.54) is 24.5 Å². The molecule has 0 spiro atoms. The van der Waals surface area contributed by atoms with Crippen LogP contribution in [0.4, 0.5) is 0 Å². The molecule has 8 heteroatoms. The molecule has 1 aromatic carbocycles. The van der Waals surface area contributed by atoms with Crippen molar-refractivity contribution in [3.8, 4) is 0 Å². The van der Waals surface area contributed by atoms with Gasteiger partial charge >= 0.3 is 5.69 Å². The Hall–Kier alpha value is -2.35. The number of aryl methyl sites for hydroxylation is 1. The first-order valence-corrected chi connectivity index (χ1v) is 9.71. The van der Waals surface area contributed by atoms with Crippen LogP contribution in [0.15, 0.2) is 46.3 Å². The number of nitrogens with zero attached hydrogens (tertiary/aromatic N) is 2. The van der Waals surface area contributed by atoms with Gasteiger partial charge in [0.2, 0.25) is 5.91 Å². The lowest BCUT2D eigenvalue weighted by Gasteiger charge is -2.11. The SMILES string of the molecule is Cc1ccc(S(=O)(=O)n2ccn(CC(=O)NC3CCCC3)c2=O)cc1. The van der Waals surface area contributed by atoms with Crippen LogP contribution in [-0.2, 0) is 21.4 Å². The van der Waals surface area contributed by atoms with Crippen LogP contribution < -0.4 is 11.0 Å². The highest BCUT2D eigenvalue weighted by molar-refractivity contribution is 7.90. The summed E-state index contributed by atoms with van der Waals surface area (Å²) in [6.07, 6.45) is 6.59. The predicted octanol–water partition coefficient (Wildman–Crippen LogP) is 1.25. The number of hydrogen-bond donors (Lipinski definition) is 1. The fourth-order valence-corrected chi connectivity index (χ4v) is 4.25. The second-order valence-corrected chi connectivity index (χ2v) is 8.19. The minimum atomic E-state index is -3.97. The van der Waals surface area contributed by atoms with Crippen molar-refractivity contribution in [1.29, 1.82) is 0 Å². The Morgan fingerprint density at radius 1 is 1.16 bits per heavy atom. The van der Waals surface area contributed by atoms with Gasteiger partial charge in [0.25, 0.3) is 10.0 Å². The first-order valence-electron chi connectivity index (χ1n) is 8.27. The van der Waals surface area contributed by atoms with Crippen molar-refractivity contribution in [2.75, 3.05) is 0 Å². The summed E-state index contributed by atoms with van der Waals surface area (Å²) in [7, 11) is -3.97. The summed E-state index contributed by atoms with van der Waals surface area (Å²) in [5.41, 5.74) is 0.176. The van der Waals surface area contributed by atoms with E-state index in [0.29, 0.717) is 3.97 Å². The van der Waals surface area contributed by atoms with Gasteiger partial charge in [0.15, 0.2) is 0 Å². The molecule has 134 valence electrons. The quantitative estimate of drug-likeness (QED) is 0.866. The van der Waals surface area contributed by atoms with E-state index < -0.39 is 15.7 Å². The van der Waals surface area contributed by atoms with Crippen LogP contribution in [0, 0.1) is 6.92 Å². The molecule has 1 heterocycles. The fraction of sp³-hybridized carbons (Fsp3) is 0.412. The maximum atomic E-state index is 12.6. The second kappa shape index (κ2) is 6.87. The van der Waals surface area contributed by atoms with Gasteiger partial charge in [-0.25, -0.2) is 13.2 Å². The first-order chi connectivity index (χ1) is 11.9. The van der Waals surface area contributed by atoms with Crippen molar-refractivity contribution >= 4 is 15.9 Å². The molecule has 0 atom stereocenters. The van der Waals surface area contributed by atoms with Gasteiger partial charge in [0.05, 0.1) is 4.90 Å². The molecule has 2 aromatic rings. The molecular formula is C17H21N3O4S. The molecule has 0 radical (unpaired) electrons. The molecule has 1 aliphatic rings. The van der Waals surface area contributed by atoms with E-state index in [0.717, 1.165) is 35.8 Å². The van der Waals surface area contributed by atoms with E-state index in [-0.39, 0.29) is 23.4 Å². The molecule has 1 aliphatic carbocycles. The average molecular weight is 363 g/mol. The van der Waals surface area contributed by atoms with Gasteiger partial charge in [-0.05, 0) is 31.9 Å². The largest absolute Gasteiger partial charge is 0.352 e. The van der Waals surface area contributed by atoms with Crippen LogP contribution in [0.5, 0.6) is 0 Å². The Bertz CT molecular complexity index is 920. The Morgan fingerprint density at radius 2 is 1.80 bits per heavy atom. The lowest BCUT2D eigenvalue weighted by atomic mass is 10.2. The van der Waals surface area contributed by atoms with Crippen molar-refractivity contribution < 1.29 is 13.2 Å². The first kappa shape index (κ1) is 17.5. The van der Waals surface area contributed by atoms with Gasteiger partial charge in [-0.15, -0.1) is 0 Å². The number of nitrogens with one attached hydrogen (secondary N) is 1. The number of rotatable bonds is 5. The molecule has 0 bridgehead atoms. The van der Waals surface area contributed by atoms with Crippen molar-refractivity contribution in [2.45, 2.75) is 50.1 Å². The van der Waals surface area contributed by atoms with Crippen LogP contribution >= 0.6 is 0 Å². The number of amides is 1. The molecule has 7 nitrogen and oxygen atoms in total. The molecule has 1 N–H and O–H groups in total.